The average Bonchev–Trinajstić information content (AvgIpc) is 2.68. The van der Waals surface area contributed by atoms with Crippen molar-refractivity contribution in [1.29, 1.82) is 0 Å². The van der Waals surface area contributed by atoms with E-state index in [2.05, 4.69) is 6.07 Å². The molecule has 0 fully saturated rings. The first kappa shape index (κ1) is 11.6. The van der Waals surface area contributed by atoms with Gasteiger partial charge in [0.25, 0.3) is 5.84 Å². The standard InChI is InChI=1S/C14H10Cl2N2/c15-11-6-3-7-12(16)13(11)18-8-9-4-1-2-5-10(9)14(18)17/h1-7,17H,8H2/p+1. The SMILES string of the molecule is NC1=[N+](c2c(Cl)cccc2Cl)Cc2ccccc21. The summed E-state index contributed by atoms with van der Waals surface area (Å²) in [5.74, 6) is 0.695. The molecule has 4 heteroatoms. The Hall–Kier alpha value is -1.51. The van der Waals surface area contributed by atoms with Gasteiger partial charge in [-0.3, -0.25) is 5.73 Å². The van der Waals surface area contributed by atoms with E-state index in [0.717, 1.165) is 11.3 Å². The van der Waals surface area contributed by atoms with Crippen LogP contribution < -0.4 is 5.73 Å². The third kappa shape index (κ3) is 1.69. The fourth-order valence-corrected chi connectivity index (χ4v) is 2.86. The topological polar surface area (TPSA) is 29.0 Å². The van der Waals surface area contributed by atoms with E-state index in [4.69, 9.17) is 28.9 Å². The highest BCUT2D eigenvalue weighted by atomic mass is 35.5. The van der Waals surface area contributed by atoms with E-state index in [1.165, 1.54) is 5.56 Å². The number of amidine groups is 1. The zero-order valence-electron chi connectivity index (χ0n) is 9.53. The number of halogens is 2. The highest BCUT2D eigenvalue weighted by Gasteiger charge is 2.28. The zero-order valence-corrected chi connectivity index (χ0v) is 11.0. The number of rotatable bonds is 1. The van der Waals surface area contributed by atoms with Crippen molar-refractivity contribution in [1.82, 2.24) is 0 Å². The van der Waals surface area contributed by atoms with E-state index in [-0.39, 0.29) is 0 Å². The Morgan fingerprint density at radius 3 is 2.28 bits per heavy atom. The summed E-state index contributed by atoms with van der Waals surface area (Å²) in [5.41, 5.74) is 9.19. The maximum absolute atomic E-state index is 6.22. The molecule has 0 bridgehead atoms. The molecule has 0 spiro atoms. The molecule has 0 aliphatic carbocycles. The van der Waals surface area contributed by atoms with Gasteiger partial charge in [-0.05, 0) is 18.2 Å². The Bertz CT molecular complexity index is 642. The van der Waals surface area contributed by atoms with Crippen LogP contribution in [0.2, 0.25) is 10.0 Å². The molecular weight excluding hydrogens is 267 g/mol. The predicted octanol–water partition coefficient (Wildman–Crippen LogP) is 3.56. The fraction of sp³-hybridized carbons (Fsp3) is 0.0714. The summed E-state index contributed by atoms with van der Waals surface area (Å²) in [6.45, 7) is 0.700. The van der Waals surface area contributed by atoms with Crippen molar-refractivity contribution in [2.45, 2.75) is 6.54 Å². The van der Waals surface area contributed by atoms with Gasteiger partial charge in [0.05, 0.1) is 15.6 Å². The van der Waals surface area contributed by atoms with Crippen molar-refractivity contribution < 1.29 is 4.58 Å². The smallest absolute Gasteiger partial charge is 0.280 e. The second-order valence-corrected chi connectivity index (χ2v) is 5.01. The molecule has 1 aliphatic heterocycles. The van der Waals surface area contributed by atoms with Crippen LogP contribution in [0.15, 0.2) is 42.5 Å². The van der Waals surface area contributed by atoms with Gasteiger partial charge in [0, 0.05) is 5.56 Å². The summed E-state index contributed by atoms with van der Waals surface area (Å²) in [7, 11) is 0. The van der Waals surface area contributed by atoms with Gasteiger partial charge in [-0.2, -0.15) is 0 Å². The van der Waals surface area contributed by atoms with Crippen molar-refractivity contribution >= 4 is 34.7 Å². The molecule has 0 aromatic heterocycles. The maximum Gasteiger partial charge on any atom is 0.280 e. The fourth-order valence-electron chi connectivity index (χ4n) is 2.26. The van der Waals surface area contributed by atoms with Crippen molar-refractivity contribution in [3.05, 3.63) is 63.6 Å². The number of benzene rings is 2. The zero-order chi connectivity index (χ0) is 12.7. The first-order valence-corrected chi connectivity index (χ1v) is 6.36. The molecule has 2 N–H and O–H groups in total. The molecular formula is C14H11Cl2N2+. The minimum Gasteiger partial charge on any atom is -0.286 e. The largest absolute Gasteiger partial charge is 0.286 e. The Morgan fingerprint density at radius 1 is 0.944 bits per heavy atom. The van der Waals surface area contributed by atoms with Crippen LogP contribution in [0.5, 0.6) is 0 Å². The minimum atomic E-state index is 0.609. The Balaban J connectivity index is 2.19. The Labute approximate surface area is 115 Å². The van der Waals surface area contributed by atoms with Gasteiger partial charge in [0.2, 0.25) is 0 Å². The first-order chi connectivity index (χ1) is 8.68. The number of fused-ring (bicyclic) bond motifs is 1. The summed E-state index contributed by atoms with van der Waals surface area (Å²) in [5, 5.41) is 1.22. The van der Waals surface area contributed by atoms with Crippen LogP contribution in [-0.4, -0.2) is 10.4 Å². The van der Waals surface area contributed by atoms with E-state index >= 15 is 0 Å². The lowest BCUT2D eigenvalue weighted by molar-refractivity contribution is -0.453. The second kappa shape index (κ2) is 4.30. The van der Waals surface area contributed by atoms with Crippen LogP contribution >= 0.6 is 23.2 Å². The Kier molecular flexibility index (Phi) is 2.77. The van der Waals surface area contributed by atoms with Gasteiger partial charge < -0.3 is 0 Å². The van der Waals surface area contributed by atoms with Crippen molar-refractivity contribution in [3.63, 3.8) is 0 Å². The third-order valence-corrected chi connectivity index (χ3v) is 3.73. The van der Waals surface area contributed by atoms with E-state index in [9.17, 15) is 0 Å². The molecule has 2 aromatic carbocycles. The van der Waals surface area contributed by atoms with Crippen LogP contribution in [0.3, 0.4) is 0 Å². The minimum absolute atomic E-state index is 0.609. The van der Waals surface area contributed by atoms with Gasteiger partial charge in [-0.25, -0.2) is 4.58 Å². The molecule has 90 valence electrons. The highest BCUT2D eigenvalue weighted by molar-refractivity contribution is 6.38. The molecule has 0 radical (unpaired) electrons. The van der Waals surface area contributed by atoms with E-state index in [1.807, 2.05) is 41.0 Å². The van der Waals surface area contributed by atoms with Crippen molar-refractivity contribution in [3.8, 4) is 0 Å². The van der Waals surface area contributed by atoms with Crippen molar-refractivity contribution in [2.75, 3.05) is 0 Å². The van der Waals surface area contributed by atoms with Gasteiger partial charge in [-0.15, -0.1) is 0 Å². The lowest BCUT2D eigenvalue weighted by Crippen LogP contribution is -2.20. The summed E-state index contributed by atoms with van der Waals surface area (Å²) >= 11 is 12.4. The Morgan fingerprint density at radius 2 is 1.61 bits per heavy atom. The molecule has 0 unspecified atom stereocenters. The second-order valence-electron chi connectivity index (χ2n) is 4.20. The lowest BCUT2D eigenvalue weighted by atomic mass is 10.1. The predicted molar refractivity (Wildman–Crippen MR) is 74.8 cm³/mol. The summed E-state index contributed by atoms with van der Waals surface area (Å²) in [6.07, 6.45) is 0. The van der Waals surface area contributed by atoms with Crippen LogP contribution in [0.4, 0.5) is 5.69 Å². The lowest BCUT2D eigenvalue weighted by Gasteiger charge is -2.06. The van der Waals surface area contributed by atoms with E-state index < -0.39 is 0 Å². The number of hydrogen-bond donors (Lipinski definition) is 1. The molecule has 0 atom stereocenters. The summed E-state index contributed by atoms with van der Waals surface area (Å²) in [6, 6.07) is 13.5. The molecule has 3 rings (SSSR count). The normalized spacial score (nSPS) is 13.9. The molecule has 0 amide bonds. The summed E-state index contributed by atoms with van der Waals surface area (Å²) < 4.78 is 1.95. The molecule has 0 saturated heterocycles. The number of para-hydroxylation sites is 1. The third-order valence-electron chi connectivity index (χ3n) is 3.12. The van der Waals surface area contributed by atoms with E-state index in [1.54, 1.807) is 0 Å². The van der Waals surface area contributed by atoms with Gasteiger partial charge in [-0.1, -0.05) is 47.5 Å². The van der Waals surface area contributed by atoms with Crippen molar-refractivity contribution in [2.24, 2.45) is 5.73 Å². The van der Waals surface area contributed by atoms with Crippen LogP contribution in [0, 0.1) is 0 Å². The molecule has 2 aromatic rings. The van der Waals surface area contributed by atoms with Gasteiger partial charge in [0.15, 0.2) is 5.69 Å². The molecule has 1 aliphatic rings. The van der Waals surface area contributed by atoms with E-state index in [0.29, 0.717) is 22.4 Å². The average molecular weight is 278 g/mol. The van der Waals surface area contributed by atoms with Gasteiger partial charge in [0.1, 0.15) is 6.54 Å². The summed E-state index contributed by atoms with van der Waals surface area (Å²) in [4.78, 5) is 0. The quantitative estimate of drug-likeness (QED) is 0.794. The van der Waals surface area contributed by atoms with Crippen LogP contribution in [-0.2, 0) is 6.54 Å². The number of hydrogen-bond acceptors (Lipinski definition) is 1. The first-order valence-electron chi connectivity index (χ1n) is 5.61. The maximum atomic E-state index is 6.22. The molecule has 0 saturated carbocycles. The number of nitrogens with zero attached hydrogens (tertiary/aromatic N) is 1. The highest BCUT2D eigenvalue weighted by Crippen LogP contribution is 2.35. The number of nitrogens with two attached hydrogens (primary N) is 1. The van der Waals surface area contributed by atoms with Gasteiger partial charge >= 0.3 is 0 Å². The molecule has 18 heavy (non-hydrogen) atoms. The van der Waals surface area contributed by atoms with Crippen LogP contribution in [0.25, 0.3) is 0 Å². The van der Waals surface area contributed by atoms with Crippen LogP contribution in [0.1, 0.15) is 11.1 Å². The monoisotopic (exact) mass is 277 g/mol. The molecule has 1 heterocycles. The molecule has 2 nitrogen and oxygen atoms in total.